The number of benzene rings is 1. The van der Waals surface area contributed by atoms with Gasteiger partial charge in [0.05, 0.1) is 5.92 Å². The molecular formula is C15H21NO3. The molecule has 0 saturated carbocycles. The van der Waals surface area contributed by atoms with Crippen molar-refractivity contribution in [1.82, 2.24) is 0 Å². The van der Waals surface area contributed by atoms with Crippen molar-refractivity contribution in [2.75, 3.05) is 24.7 Å². The lowest BCUT2D eigenvalue weighted by Crippen LogP contribution is -2.32. The molecule has 2 rings (SSSR count). The van der Waals surface area contributed by atoms with Crippen molar-refractivity contribution in [2.24, 2.45) is 0 Å². The second-order valence-electron chi connectivity index (χ2n) is 4.57. The first kappa shape index (κ1) is 14.0. The third-order valence-corrected chi connectivity index (χ3v) is 3.38. The van der Waals surface area contributed by atoms with Crippen LogP contribution in [0.15, 0.2) is 24.3 Å². The normalized spacial score (nSPS) is 17.9. The average molecular weight is 263 g/mol. The van der Waals surface area contributed by atoms with Gasteiger partial charge in [-0.25, -0.2) is 0 Å². The Morgan fingerprint density at radius 3 is 2.53 bits per heavy atom. The van der Waals surface area contributed by atoms with E-state index in [4.69, 9.17) is 9.47 Å². The van der Waals surface area contributed by atoms with Crippen molar-refractivity contribution >= 4 is 11.6 Å². The molecule has 104 valence electrons. The van der Waals surface area contributed by atoms with E-state index in [1.165, 1.54) is 0 Å². The van der Waals surface area contributed by atoms with Gasteiger partial charge < -0.3 is 14.4 Å². The Labute approximate surface area is 114 Å². The van der Waals surface area contributed by atoms with E-state index < -0.39 is 0 Å². The molecular weight excluding hydrogens is 242 g/mol. The van der Waals surface area contributed by atoms with E-state index in [2.05, 4.69) is 0 Å². The number of para-hydroxylation sites is 1. The maximum absolute atomic E-state index is 11.7. The summed E-state index contributed by atoms with van der Waals surface area (Å²) in [7, 11) is 0. The zero-order valence-electron chi connectivity index (χ0n) is 11.8. The highest BCUT2D eigenvalue weighted by Gasteiger charge is 2.36. The monoisotopic (exact) mass is 263 g/mol. The Kier molecular flexibility index (Phi) is 4.56. The molecule has 0 saturated heterocycles. The summed E-state index contributed by atoms with van der Waals surface area (Å²) < 4.78 is 11.4. The largest absolute Gasteiger partial charge is 0.352 e. The summed E-state index contributed by atoms with van der Waals surface area (Å²) in [5.74, 6) is 0.140. The summed E-state index contributed by atoms with van der Waals surface area (Å²) in [4.78, 5) is 13.5. The van der Waals surface area contributed by atoms with Gasteiger partial charge in [0.1, 0.15) is 0 Å². The highest BCUT2D eigenvalue weighted by Crippen LogP contribution is 2.39. The molecule has 4 nitrogen and oxygen atoms in total. The number of fused-ring (bicyclic) bond motifs is 1. The van der Waals surface area contributed by atoms with Gasteiger partial charge in [-0.1, -0.05) is 18.2 Å². The minimum absolute atomic E-state index is 0.0571. The first-order chi connectivity index (χ1) is 9.19. The average Bonchev–Trinajstić information content (AvgIpc) is 2.78. The van der Waals surface area contributed by atoms with Crippen LogP contribution in [0.4, 0.5) is 5.69 Å². The molecule has 0 radical (unpaired) electrons. The molecule has 1 amide bonds. The molecule has 0 N–H and O–H groups in total. The molecule has 0 spiro atoms. The lowest BCUT2D eigenvalue weighted by Gasteiger charge is -2.24. The Balaban J connectivity index is 2.30. The summed E-state index contributed by atoms with van der Waals surface area (Å²) >= 11 is 0. The van der Waals surface area contributed by atoms with E-state index in [1.807, 2.05) is 38.1 Å². The number of hydrogen-bond acceptors (Lipinski definition) is 3. The van der Waals surface area contributed by atoms with E-state index in [9.17, 15) is 4.79 Å². The van der Waals surface area contributed by atoms with Crippen LogP contribution in [0.25, 0.3) is 0 Å². The van der Waals surface area contributed by atoms with Crippen molar-refractivity contribution in [2.45, 2.75) is 33.0 Å². The molecule has 0 aromatic heterocycles. The first-order valence-corrected chi connectivity index (χ1v) is 6.79. The molecule has 1 atom stereocenters. The highest BCUT2D eigenvalue weighted by molar-refractivity contribution is 5.94. The Hall–Kier alpha value is -1.39. The standard InChI is InChI=1S/C15H21NO3/c1-4-18-15(19-5-2)13-10-16(11(3)17)14-9-7-6-8-12(13)14/h6-9,13,15H,4-5,10H2,1-3H3. The third-order valence-electron chi connectivity index (χ3n) is 3.38. The van der Waals surface area contributed by atoms with Crippen LogP contribution in [0.1, 0.15) is 32.3 Å². The van der Waals surface area contributed by atoms with Crippen molar-refractivity contribution < 1.29 is 14.3 Å². The summed E-state index contributed by atoms with van der Waals surface area (Å²) in [5, 5.41) is 0. The van der Waals surface area contributed by atoms with Gasteiger partial charge in [-0.15, -0.1) is 0 Å². The number of hydrogen-bond donors (Lipinski definition) is 0. The highest BCUT2D eigenvalue weighted by atomic mass is 16.7. The van der Waals surface area contributed by atoms with E-state index in [0.717, 1.165) is 11.3 Å². The number of nitrogens with zero attached hydrogens (tertiary/aromatic N) is 1. The third kappa shape index (κ3) is 2.80. The first-order valence-electron chi connectivity index (χ1n) is 6.79. The molecule has 4 heteroatoms. The zero-order chi connectivity index (χ0) is 13.8. The van der Waals surface area contributed by atoms with Gasteiger partial charge >= 0.3 is 0 Å². The number of rotatable bonds is 5. The van der Waals surface area contributed by atoms with Crippen LogP contribution in [-0.2, 0) is 14.3 Å². The molecule has 1 aromatic carbocycles. The van der Waals surface area contributed by atoms with Gasteiger partial charge in [0.15, 0.2) is 6.29 Å². The number of amides is 1. The molecule has 1 aliphatic heterocycles. The van der Waals surface area contributed by atoms with E-state index in [1.54, 1.807) is 11.8 Å². The molecule has 0 bridgehead atoms. The summed E-state index contributed by atoms with van der Waals surface area (Å²) in [6.07, 6.45) is -0.291. The van der Waals surface area contributed by atoms with Gasteiger partial charge in [0.25, 0.3) is 0 Å². The predicted octanol–water partition coefficient (Wildman–Crippen LogP) is 2.54. The van der Waals surface area contributed by atoms with Crippen molar-refractivity contribution in [3.05, 3.63) is 29.8 Å². The predicted molar refractivity (Wildman–Crippen MR) is 74.3 cm³/mol. The van der Waals surface area contributed by atoms with Crippen LogP contribution >= 0.6 is 0 Å². The van der Waals surface area contributed by atoms with Gasteiger partial charge in [-0.2, -0.15) is 0 Å². The Morgan fingerprint density at radius 2 is 1.95 bits per heavy atom. The van der Waals surface area contributed by atoms with Crippen LogP contribution in [0, 0.1) is 0 Å². The smallest absolute Gasteiger partial charge is 0.223 e. The number of anilines is 1. The fraction of sp³-hybridized carbons (Fsp3) is 0.533. The van der Waals surface area contributed by atoms with E-state index in [0.29, 0.717) is 19.8 Å². The molecule has 0 fully saturated rings. The fourth-order valence-corrected chi connectivity index (χ4v) is 2.58. The quantitative estimate of drug-likeness (QED) is 0.766. The second kappa shape index (κ2) is 6.17. The van der Waals surface area contributed by atoms with Gasteiger partial charge in [-0.05, 0) is 25.5 Å². The second-order valence-corrected chi connectivity index (χ2v) is 4.57. The number of ether oxygens (including phenoxy) is 2. The van der Waals surface area contributed by atoms with Gasteiger partial charge in [0.2, 0.25) is 5.91 Å². The topological polar surface area (TPSA) is 38.8 Å². The van der Waals surface area contributed by atoms with Crippen LogP contribution < -0.4 is 4.90 Å². The zero-order valence-corrected chi connectivity index (χ0v) is 11.8. The maximum atomic E-state index is 11.7. The van der Waals surface area contributed by atoms with Crippen LogP contribution in [0.2, 0.25) is 0 Å². The minimum Gasteiger partial charge on any atom is -0.352 e. The van der Waals surface area contributed by atoms with E-state index in [-0.39, 0.29) is 18.1 Å². The van der Waals surface area contributed by atoms with Crippen molar-refractivity contribution in [3.8, 4) is 0 Å². The number of carbonyl (C=O) groups is 1. The fourth-order valence-electron chi connectivity index (χ4n) is 2.58. The van der Waals surface area contributed by atoms with Crippen molar-refractivity contribution in [3.63, 3.8) is 0 Å². The molecule has 0 aliphatic carbocycles. The summed E-state index contributed by atoms with van der Waals surface area (Å²) in [6.45, 7) is 7.33. The lowest BCUT2D eigenvalue weighted by molar-refractivity contribution is -0.147. The summed E-state index contributed by atoms with van der Waals surface area (Å²) in [5.41, 5.74) is 2.11. The van der Waals surface area contributed by atoms with E-state index >= 15 is 0 Å². The number of carbonyl (C=O) groups excluding carboxylic acids is 1. The van der Waals surface area contributed by atoms with Crippen LogP contribution in [-0.4, -0.2) is 32.0 Å². The van der Waals surface area contributed by atoms with Crippen LogP contribution in [0.5, 0.6) is 0 Å². The lowest BCUT2D eigenvalue weighted by atomic mass is 10.0. The Bertz CT molecular complexity index is 441. The Morgan fingerprint density at radius 1 is 1.32 bits per heavy atom. The molecule has 1 unspecified atom stereocenters. The van der Waals surface area contributed by atoms with Crippen molar-refractivity contribution in [1.29, 1.82) is 0 Å². The molecule has 1 aromatic rings. The molecule has 19 heavy (non-hydrogen) atoms. The molecule has 1 heterocycles. The summed E-state index contributed by atoms with van der Waals surface area (Å²) in [6, 6.07) is 7.97. The maximum Gasteiger partial charge on any atom is 0.223 e. The molecule has 1 aliphatic rings. The van der Waals surface area contributed by atoms with Gasteiger partial charge in [-0.3, -0.25) is 4.79 Å². The van der Waals surface area contributed by atoms with Gasteiger partial charge in [0, 0.05) is 32.4 Å². The van der Waals surface area contributed by atoms with Crippen LogP contribution in [0.3, 0.4) is 0 Å². The SMILES string of the molecule is CCOC(OCC)C1CN(C(C)=O)c2ccccc21. The minimum atomic E-state index is -0.291.